The van der Waals surface area contributed by atoms with Crippen molar-refractivity contribution in [1.82, 2.24) is 4.90 Å². The minimum atomic E-state index is 0.223. The van der Waals surface area contributed by atoms with Gasteiger partial charge in [-0.2, -0.15) is 0 Å². The summed E-state index contributed by atoms with van der Waals surface area (Å²) in [7, 11) is 4.52. The summed E-state index contributed by atoms with van der Waals surface area (Å²) in [6, 6.07) is 0. The van der Waals surface area contributed by atoms with E-state index in [4.69, 9.17) is 0 Å². The molecule has 0 saturated carbocycles. The lowest BCUT2D eigenvalue weighted by Gasteiger charge is -2.38. The molecule has 0 aromatic heterocycles. The van der Waals surface area contributed by atoms with E-state index >= 15 is 0 Å². The van der Waals surface area contributed by atoms with Crippen molar-refractivity contribution in [3.63, 3.8) is 0 Å². The molecule has 0 atom stereocenters. The standard InChI is InChI=1S/C29H59N/c1-6-9-11-13-15-17-19-21-23-25-27-29(8-3,30(4)5)28-26-24-22-20-18-16-14-12-10-7-2/h8H,3,6-7,9-28H2,1-2,4-5H3. The minimum Gasteiger partial charge on any atom is -0.300 e. The smallest absolute Gasteiger partial charge is 0.0382 e. The van der Waals surface area contributed by atoms with Crippen LogP contribution < -0.4 is 0 Å². The molecule has 0 saturated heterocycles. The molecule has 180 valence electrons. The van der Waals surface area contributed by atoms with Crippen LogP contribution in [-0.4, -0.2) is 24.5 Å². The lowest BCUT2D eigenvalue weighted by molar-refractivity contribution is 0.171. The Morgan fingerprint density at radius 3 is 1.00 bits per heavy atom. The van der Waals surface area contributed by atoms with Crippen molar-refractivity contribution in [1.29, 1.82) is 0 Å². The lowest BCUT2D eigenvalue weighted by Crippen LogP contribution is -2.42. The van der Waals surface area contributed by atoms with Gasteiger partial charge in [0.15, 0.2) is 0 Å². The Bertz CT molecular complexity index is 322. The van der Waals surface area contributed by atoms with E-state index in [0.29, 0.717) is 0 Å². The Balaban J connectivity index is 3.82. The van der Waals surface area contributed by atoms with Gasteiger partial charge in [0.1, 0.15) is 0 Å². The molecular weight excluding hydrogens is 362 g/mol. The Morgan fingerprint density at radius 1 is 0.500 bits per heavy atom. The molecule has 0 radical (unpaired) electrons. The first-order valence-corrected chi connectivity index (χ1v) is 13.9. The van der Waals surface area contributed by atoms with Gasteiger partial charge >= 0.3 is 0 Å². The van der Waals surface area contributed by atoms with Crippen LogP contribution in [0.3, 0.4) is 0 Å². The molecule has 0 bridgehead atoms. The van der Waals surface area contributed by atoms with Gasteiger partial charge in [-0.3, -0.25) is 0 Å². The van der Waals surface area contributed by atoms with Crippen molar-refractivity contribution in [2.75, 3.05) is 14.1 Å². The van der Waals surface area contributed by atoms with Crippen LogP contribution in [-0.2, 0) is 0 Å². The molecule has 0 aliphatic carbocycles. The van der Waals surface area contributed by atoms with Gasteiger partial charge in [0.2, 0.25) is 0 Å². The molecule has 1 heteroatoms. The minimum absolute atomic E-state index is 0.223. The number of unbranched alkanes of at least 4 members (excludes halogenated alkanes) is 18. The van der Waals surface area contributed by atoms with Crippen LogP contribution in [0.1, 0.15) is 155 Å². The summed E-state index contributed by atoms with van der Waals surface area (Å²) in [5, 5.41) is 0. The first kappa shape index (κ1) is 29.7. The lowest BCUT2D eigenvalue weighted by atomic mass is 9.85. The Hall–Kier alpha value is -0.300. The van der Waals surface area contributed by atoms with Gasteiger partial charge < -0.3 is 4.90 Å². The third kappa shape index (κ3) is 16.4. The maximum atomic E-state index is 4.24. The van der Waals surface area contributed by atoms with Crippen molar-refractivity contribution in [2.24, 2.45) is 0 Å². The van der Waals surface area contributed by atoms with Crippen LogP contribution in [0.5, 0.6) is 0 Å². The van der Waals surface area contributed by atoms with Crippen molar-refractivity contribution >= 4 is 0 Å². The average molecular weight is 422 g/mol. The van der Waals surface area contributed by atoms with E-state index < -0.39 is 0 Å². The predicted octanol–water partition coefficient (Wildman–Crippen LogP) is 10.1. The number of hydrogen-bond donors (Lipinski definition) is 0. The molecule has 1 nitrogen and oxygen atoms in total. The molecule has 0 rings (SSSR count). The first-order valence-electron chi connectivity index (χ1n) is 13.9. The predicted molar refractivity (Wildman–Crippen MR) is 140 cm³/mol. The molecule has 0 aromatic rings. The number of rotatable bonds is 24. The molecule has 0 fully saturated rings. The zero-order valence-electron chi connectivity index (χ0n) is 21.8. The van der Waals surface area contributed by atoms with Gasteiger partial charge in [0.25, 0.3) is 0 Å². The molecule has 0 aliphatic heterocycles. The van der Waals surface area contributed by atoms with Gasteiger partial charge in [-0.05, 0) is 26.9 Å². The van der Waals surface area contributed by atoms with E-state index in [0.717, 1.165) is 0 Å². The fraction of sp³-hybridized carbons (Fsp3) is 0.931. The van der Waals surface area contributed by atoms with Crippen LogP contribution in [0.25, 0.3) is 0 Å². The van der Waals surface area contributed by atoms with Gasteiger partial charge in [-0.25, -0.2) is 0 Å². The fourth-order valence-electron chi connectivity index (χ4n) is 4.80. The Kier molecular flexibility index (Phi) is 21.7. The van der Waals surface area contributed by atoms with Crippen LogP contribution in [0.2, 0.25) is 0 Å². The third-order valence-electron chi connectivity index (χ3n) is 7.20. The summed E-state index contributed by atoms with van der Waals surface area (Å²) >= 11 is 0. The van der Waals surface area contributed by atoms with Gasteiger partial charge in [0.05, 0.1) is 0 Å². The van der Waals surface area contributed by atoms with Gasteiger partial charge in [0, 0.05) is 5.54 Å². The van der Waals surface area contributed by atoms with E-state index in [9.17, 15) is 0 Å². The molecule has 0 spiro atoms. The molecule has 30 heavy (non-hydrogen) atoms. The number of hydrogen-bond acceptors (Lipinski definition) is 1. The highest BCUT2D eigenvalue weighted by Crippen LogP contribution is 2.29. The van der Waals surface area contributed by atoms with Crippen molar-refractivity contribution < 1.29 is 0 Å². The molecule has 0 amide bonds. The second kappa shape index (κ2) is 21.9. The van der Waals surface area contributed by atoms with Crippen LogP contribution in [0, 0.1) is 0 Å². The quantitative estimate of drug-likeness (QED) is 0.111. The highest BCUT2D eigenvalue weighted by atomic mass is 15.1. The van der Waals surface area contributed by atoms with E-state index in [-0.39, 0.29) is 5.54 Å². The maximum absolute atomic E-state index is 4.24. The second-order valence-electron chi connectivity index (χ2n) is 10.1. The van der Waals surface area contributed by atoms with Gasteiger partial charge in [-0.15, -0.1) is 6.58 Å². The van der Waals surface area contributed by atoms with Gasteiger partial charge in [-0.1, -0.05) is 148 Å². The molecule has 0 N–H and O–H groups in total. The van der Waals surface area contributed by atoms with Crippen molar-refractivity contribution in [2.45, 2.75) is 161 Å². The van der Waals surface area contributed by atoms with E-state index in [1.54, 1.807) is 0 Å². The van der Waals surface area contributed by atoms with E-state index in [2.05, 4.69) is 45.5 Å². The summed E-state index contributed by atoms with van der Waals surface area (Å²) < 4.78 is 0. The SMILES string of the molecule is C=CC(CCCCCCCCCCCC)(CCCCCCCCCCCC)N(C)C. The monoisotopic (exact) mass is 421 g/mol. The van der Waals surface area contributed by atoms with E-state index in [1.165, 1.54) is 141 Å². The molecule has 0 unspecified atom stereocenters. The zero-order valence-corrected chi connectivity index (χ0v) is 21.8. The van der Waals surface area contributed by atoms with Crippen molar-refractivity contribution in [3.8, 4) is 0 Å². The number of nitrogens with zero attached hydrogens (tertiary/aromatic N) is 1. The van der Waals surface area contributed by atoms with Crippen molar-refractivity contribution in [3.05, 3.63) is 12.7 Å². The summed E-state index contributed by atoms with van der Waals surface area (Å²) in [5.74, 6) is 0. The first-order chi connectivity index (χ1) is 14.6. The zero-order chi connectivity index (χ0) is 22.3. The normalized spacial score (nSPS) is 12.0. The van der Waals surface area contributed by atoms with Crippen LogP contribution in [0.15, 0.2) is 12.7 Å². The summed E-state index contributed by atoms with van der Waals surface area (Å²) in [4.78, 5) is 2.45. The summed E-state index contributed by atoms with van der Waals surface area (Å²) in [6.45, 7) is 8.84. The van der Waals surface area contributed by atoms with Crippen LogP contribution >= 0.6 is 0 Å². The molecule has 0 aliphatic rings. The molecule has 0 aromatic carbocycles. The number of likely N-dealkylation sites (N-methyl/N-ethyl adjacent to an activating group) is 1. The summed E-state index contributed by atoms with van der Waals surface area (Å²) in [5.41, 5.74) is 0.223. The Labute approximate surface area is 192 Å². The second-order valence-corrected chi connectivity index (χ2v) is 10.1. The fourth-order valence-corrected chi connectivity index (χ4v) is 4.80. The summed E-state index contributed by atoms with van der Waals surface area (Å²) in [6.07, 6.45) is 33.2. The molecular formula is C29H59N. The maximum Gasteiger partial charge on any atom is 0.0382 e. The average Bonchev–Trinajstić information content (AvgIpc) is 2.74. The van der Waals surface area contributed by atoms with Crippen LogP contribution in [0.4, 0.5) is 0 Å². The third-order valence-corrected chi connectivity index (χ3v) is 7.20. The highest BCUT2D eigenvalue weighted by Gasteiger charge is 2.27. The highest BCUT2D eigenvalue weighted by molar-refractivity contribution is 5.02. The topological polar surface area (TPSA) is 3.24 Å². The Morgan fingerprint density at radius 2 is 0.767 bits per heavy atom. The van der Waals surface area contributed by atoms with E-state index in [1.807, 2.05) is 0 Å². The largest absolute Gasteiger partial charge is 0.300 e. The molecule has 0 heterocycles.